The van der Waals surface area contributed by atoms with Gasteiger partial charge in [0.05, 0.1) is 17.7 Å². The van der Waals surface area contributed by atoms with Gasteiger partial charge in [-0.1, -0.05) is 25.3 Å². The van der Waals surface area contributed by atoms with Crippen LogP contribution in [0.5, 0.6) is 0 Å². The lowest BCUT2D eigenvalue weighted by Crippen LogP contribution is -2.34. The molecule has 170 valence electrons. The molecular formula is C23H28BrN5O3. The average Bonchev–Trinajstić information content (AvgIpc) is 2.78. The van der Waals surface area contributed by atoms with Crippen LogP contribution < -0.4 is 15.6 Å². The highest BCUT2D eigenvalue weighted by Crippen LogP contribution is 2.30. The van der Waals surface area contributed by atoms with E-state index in [9.17, 15) is 14.9 Å². The lowest BCUT2D eigenvalue weighted by Gasteiger charge is -2.33. The Bertz CT molecular complexity index is 1010. The number of hydrogen-bond donors (Lipinski definition) is 2. The van der Waals surface area contributed by atoms with E-state index in [-0.39, 0.29) is 18.1 Å². The van der Waals surface area contributed by atoms with Gasteiger partial charge >= 0.3 is 0 Å². The minimum absolute atomic E-state index is 0.00976. The molecule has 32 heavy (non-hydrogen) atoms. The number of nitro groups is 1. The summed E-state index contributed by atoms with van der Waals surface area (Å²) in [6.07, 6.45) is 7.29. The number of non-ortho nitro benzene ring substituents is 1. The summed E-state index contributed by atoms with van der Waals surface area (Å²) in [5, 5.41) is 18.4. The van der Waals surface area contributed by atoms with E-state index >= 15 is 0 Å². The minimum atomic E-state index is -0.427. The molecule has 0 atom stereocenters. The molecule has 0 bridgehead atoms. The maximum absolute atomic E-state index is 12.2. The zero-order valence-electron chi connectivity index (χ0n) is 18.3. The van der Waals surface area contributed by atoms with Crippen molar-refractivity contribution in [2.75, 3.05) is 23.8 Å². The second-order valence-electron chi connectivity index (χ2n) is 8.03. The van der Waals surface area contributed by atoms with Crippen molar-refractivity contribution in [3.63, 3.8) is 0 Å². The first-order valence-electron chi connectivity index (χ1n) is 10.7. The Hall–Kier alpha value is -2.94. The molecule has 1 aliphatic carbocycles. The Balaban J connectivity index is 1.67. The summed E-state index contributed by atoms with van der Waals surface area (Å²) in [6.45, 7) is 2.03. The minimum Gasteiger partial charge on any atom is -0.375 e. The molecule has 0 heterocycles. The van der Waals surface area contributed by atoms with Gasteiger partial charge in [-0.05, 0) is 59.5 Å². The Kier molecular flexibility index (Phi) is 8.21. The van der Waals surface area contributed by atoms with E-state index in [1.807, 2.05) is 32.2 Å². The van der Waals surface area contributed by atoms with E-state index in [0.29, 0.717) is 11.6 Å². The fourth-order valence-corrected chi connectivity index (χ4v) is 4.53. The van der Waals surface area contributed by atoms with Gasteiger partial charge < -0.3 is 10.2 Å². The van der Waals surface area contributed by atoms with Crippen molar-refractivity contribution >= 4 is 45.1 Å². The van der Waals surface area contributed by atoms with Gasteiger partial charge in [-0.25, -0.2) is 5.43 Å². The second kappa shape index (κ2) is 11.1. The quantitative estimate of drug-likeness (QED) is 0.301. The maximum atomic E-state index is 12.2. The molecule has 0 aliphatic heterocycles. The third-order valence-electron chi connectivity index (χ3n) is 5.68. The number of nitrogens with zero attached hydrogens (tertiary/aromatic N) is 3. The zero-order chi connectivity index (χ0) is 23.1. The van der Waals surface area contributed by atoms with E-state index < -0.39 is 4.92 Å². The van der Waals surface area contributed by atoms with Crippen molar-refractivity contribution in [1.29, 1.82) is 0 Å². The molecule has 1 saturated carbocycles. The molecule has 2 aromatic carbocycles. The van der Waals surface area contributed by atoms with Gasteiger partial charge in [-0.15, -0.1) is 0 Å². The highest BCUT2D eigenvalue weighted by Gasteiger charge is 2.21. The molecule has 9 heteroatoms. The summed E-state index contributed by atoms with van der Waals surface area (Å²) in [5.74, 6) is -0.318. The monoisotopic (exact) mass is 501 g/mol. The van der Waals surface area contributed by atoms with Gasteiger partial charge in [0.25, 0.3) is 11.6 Å². The van der Waals surface area contributed by atoms with E-state index in [1.54, 1.807) is 6.07 Å². The fraction of sp³-hybridized carbons (Fsp3) is 0.391. The predicted octanol–water partition coefficient (Wildman–Crippen LogP) is 5.00. The first-order valence-corrected chi connectivity index (χ1v) is 11.5. The Morgan fingerprint density at radius 1 is 1.25 bits per heavy atom. The lowest BCUT2D eigenvalue weighted by atomic mass is 9.94. The molecule has 0 radical (unpaired) electrons. The molecular weight excluding hydrogens is 474 g/mol. The molecule has 1 aliphatic rings. The van der Waals surface area contributed by atoms with Gasteiger partial charge in [0.1, 0.15) is 0 Å². The Morgan fingerprint density at radius 3 is 2.69 bits per heavy atom. The Labute approximate surface area is 196 Å². The van der Waals surface area contributed by atoms with E-state index in [4.69, 9.17) is 0 Å². The molecule has 2 aromatic rings. The smallest absolute Gasteiger partial charge is 0.270 e. The van der Waals surface area contributed by atoms with Crippen molar-refractivity contribution in [3.05, 3.63) is 62.1 Å². The van der Waals surface area contributed by atoms with Gasteiger partial charge in [0.2, 0.25) is 0 Å². The van der Waals surface area contributed by atoms with Crippen LogP contribution in [0.4, 0.5) is 17.1 Å². The number of carbonyl (C=O) groups is 1. The third kappa shape index (κ3) is 6.29. The first-order chi connectivity index (χ1) is 15.3. The van der Waals surface area contributed by atoms with Crippen LogP contribution in [-0.2, 0) is 4.79 Å². The summed E-state index contributed by atoms with van der Waals surface area (Å²) in [6, 6.07) is 11.0. The summed E-state index contributed by atoms with van der Waals surface area (Å²) >= 11 is 3.47. The number of hydrazone groups is 1. The number of amides is 1. The highest BCUT2D eigenvalue weighted by atomic mass is 79.9. The van der Waals surface area contributed by atoms with Crippen molar-refractivity contribution in [2.24, 2.45) is 5.10 Å². The molecule has 0 saturated heterocycles. The van der Waals surface area contributed by atoms with Gasteiger partial charge in [-0.3, -0.25) is 14.9 Å². The number of halogens is 1. The van der Waals surface area contributed by atoms with Crippen LogP contribution in [0.15, 0.2) is 46.0 Å². The molecule has 3 rings (SSSR count). The Morgan fingerprint density at radius 2 is 2.00 bits per heavy atom. The fourth-order valence-electron chi connectivity index (χ4n) is 3.90. The second-order valence-corrected chi connectivity index (χ2v) is 8.89. The normalized spacial score (nSPS) is 14.3. The highest BCUT2D eigenvalue weighted by molar-refractivity contribution is 9.10. The van der Waals surface area contributed by atoms with Crippen LogP contribution in [0.2, 0.25) is 0 Å². The van der Waals surface area contributed by atoms with Crippen LogP contribution in [0.25, 0.3) is 0 Å². The van der Waals surface area contributed by atoms with Crippen molar-refractivity contribution in [2.45, 2.75) is 45.1 Å². The number of anilines is 2. The number of nitro benzene ring substituents is 1. The van der Waals surface area contributed by atoms with Crippen LogP contribution >= 0.6 is 15.9 Å². The number of carbonyl (C=O) groups excluding carboxylic acids is 1. The molecule has 1 fully saturated rings. The van der Waals surface area contributed by atoms with E-state index in [0.717, 1.165) is 34.3 Å². The molecule has 0 aromatic heterocycles. The van der Waals surface area contributed by atoms with Crippen LogP contribution in [0.3, 0.4) is 0 Å². The third-order valence-corrected chi connectivity index (χ3v) is 6.34. The maximum Gasteiger partial charge on any atom is 0.270 e. The van der Waals surface area contributed by atoms with Gasteiger partial charge in [0, 0.05) is 46.6 Å². The molecule has 2 N–H and O–H groups in total. The van der Waals surface area contributed by atoms with Crippen LogP contribution in [-0.4, -0.2) is 36.7 Å². The zero-order valence-corrected chi connectivity index (χ0v) is 19.9. The van der Waals surface area contributed by atoms with Crippen molar-refractivity contribution < 1.29 is 9.72 Å². The van der Waals surface area contributed by atoms with Crippen LogP contribution in [0, 0.1) is 17.0 Å². The largest absolute Gasteiger partial charge is 0.375 e. The van der Waals surface area contributed by atoms with E-state index in [1.165, 1.54) is 37.6 Å². The average molecular weight is 502 g/mol. The topological polar surface area (TPSA) is 99.9 Å². The molecule has 0 spiro atoms. The summed E-state index contributed by atoms with van der Waals surface area (Å²) < 4.78 is 0.876. The standard InChI is InChI=1S/C23H28BrN5O3/c1-16-8-10-21(20(24)12-16)25-15-23(30)27-26-14-17-13-19(29(31)32)9-11-22(17)28(2)18-6-4-3-5-7-18/h8-14,18,25H,3-7,15H2,1-2H3,(H,27,30)/b26-14-. The van der Waals surface area contributed by atoms with Gasteiger partial charge in [0.15, 0.2) is 0 Å². The number of aryl methyl sites for hydroxylation is 1. The summed E-state index contributed by atoms with van der Waals surface area (Å²) in [4.78, 5) is 25.2. The number of nitrogens with one attached hydrogen (secondary N) is 2. The lowest BCUT2D eigenvalue weighted by molar-refractivity contribution is -0.384. The van der Waals surface area contributed by atoms with Crippen molar-refractivity contribution in [3.8, 4) is 0 Å². The summed E-state index contributed by atoms with van der Waals surface area (Å²) in [7, 11) is 2.01. The SMILES string of the molecule is Cc1ccc(NCC(=O)N/N=C\c2cc([N+](=O)[O-])ccc2N(C)C2CCCCC2)c(Br)c1. The van der Waals surface area contributed by atoms with E-state index in [2.05, 4.69) is 36.7 Å². The number of benzene rings is 2. The number of rotatable bonds is 8. The molecule has 1 amide bonds. The number of hydrogen-bond acceptors (Lipinski definition) is 6. The first kappa shape index (κ1) is 23.7. The molecule has 0 unspecified atom stereocenters. The predicted molar refractivity (Wildman–Crippen MR) is 131 cm³/mol. The van der Waals surface area contributed by atoms with Crippen molar-refractivity contribution in [1.82, 2.24) is 5.43 Å². The summed E-state index contributed by atoms with van der Waals surface area (Å²) in [5.41, 5.74) is 5.87. The molecule has 8 nitrogen and oxygen atoms in total. The van der Waals surface area contributed by atoms with Gasteiger partial charge in [-0.2, -0.15) is 5.10 Å². The van der Waals surface area contributed by atoms with Crippen LogP contribution in [0.1, 0.15) is 43.2 Å².